The van der Waals surface area contributed by atoms with Crippen LogP contribution in [0.5, 0.6) is 0 Å². The van der Waals surface area contributed by atoms with Crippen LogP contribution in [0.15, 0.2) is 46.9 Å². The lowest BCUT2D eigenvalue weighted by molar-refractivity contribution is 0.626. The maximum Gasteiger partial charge on any atom is 0.124 e. The van der Waals surface area contributed by atoms with Crippen LogP contribution in [0.1, 0.15) is 11.6 Å². The molecule has 0 spiro atoms. The van der Waals surface area contributed by atoms with E-state index < -0.39 is 0 Å². The number of anilines is 1. The quantitative estimate of drug-likeness (QED) is 0.866. The largest absolute Gasteiger partial charge is 0.377 e. The molecule has 2 aromatic rings. The van der Waals surface area contributed by atoms with Crippen LogP contribution in [-0.2, 0) is 0 Å². The van der Waals surface area contributed by atoms with Gasteiger partial charge in [0.15, 0.2) is 0 Å². The van der Waals surface area contributed by atoms with Crippen molar-refractivity contribution in [2.24, 2.45) is 5.73 Å². The molecule has 1 unspecified atom stereocenters. The van der Waals surface area contributed by atoms with Crippen molar-refractivity contribution in [1.29, 1.82) is 0 Å². The lowest BCUT2D eigenvalue weighted by atomic mass is 10.1. The highest BCUT2D eigenvalue weighted by molar-refractivity contribution is 9.10. The zero-order chi connectivity index (χ0) is 13.8. The van der Waals surface area contributed by atoms with Gasteiger partial charge in [-0.05, 0) is 35.9 Å². The molecule has 2 aromatic carbocycles. The van der Waals surface area contributed by atoms with Crippen molar-refractivity contribution < 1.29 is 4.39 Å². The van der Waals surface area contributed by atoms with E-state index in [2.05, 4.69) is 21.2 Å². The minimum atomic E-state index is -0.355. The Bertz CT molecular complexity index is 577. The van der Waals surface area contributed by atoms with Crippen LogP contribution < -0.4 is 11.1 Å². The molecule has 3 N–H and O–H groups in total. The molecular weight excluding hydrogens is 331 g/mol. The van der Waals surface area contributed by atoms with Crippen LogP contribution in [0.2, 0.25) is 5.02 Å². The first-order chi connectivity index (χ1) is 9.10. The first-order valence-corrected chi connectivity index (χ1v) is 6.94. The predicted molar refractivity (Wildman–Crippen MR) is 81.0 cm³/mol. The second-order valence-electron chi connectivity index (χ2n) is 4.11. The van der Waals surface area contributed by atoms with E-state index >= 15 is 0 Å². The topological polar surface area (TPSA) is 38.0 Å². The van der Waals surface area contributed by atoms with Crippen LogP contribution >= 0.6 is 27.5 Å². The van der Waals surface area contributed by atoms with Crippen LogP contribution in [0, 0.1) is 5.82 Å². The minimum Gasteiger partial charge on any atom is -0.377 e. The third-order valence-electron chi connectivity index (χ3n) is 2.74. The molecule has 0 bridgehead atoms. The van der Waals surface area contributed by atoms with Crippen molar-refractivity contribution in [2.75, 3.05) is 11.9 Å². The Hall–Kier alpha value is -1.10. The highest BCUT2D eigenvalue weighted by atomic mass is 79.9. The molecular formula is C14H13BrClFN2. The molecule has 19 heavy (non-hydrogen) atoms. The van der Waals surface area contributed by atoms with Gasteiger partial charge in [0.25, 0.3) is 0 Å². The number of nitrogens with one attached hydrogen (secondary N) is 1. The van der Waals surface area contributed by atoms with Gasteiger partial charge in [-0.25, -0.2) is 4.39 Å². The fourth-order valence-electron chi connectivity index (χ4n) is 1.83. The standard InChI is InChI=1S/C14H13BrClFN2/c15-9-2-1-3-11(6-9)19-14(8-18)12-5-4-10(17)7-13(12)16/h1-7,14,19H,8,18H2. The zero-order valence-corrected chi connectivity index (χ0v) is 12.4. The van der Waals surface area contributed by atoms with E-state index in [4.69, 9.17) is 17.3 Å². The number of hydrogen-bond acceptors (Lipinski definition) is 2. The smallest absolute Gasteiger partial charge is 0.124 e. The summed E-state index contributed by atoms with van der Waals surface area (Å²) in [6, 6.07) is 11.9. The van der Waals surface area contributed by atoms with Gasteiger partial charge in [0, 0.05) is 21.7 Å². The number of rotatable bonds is 4. The molecule has 0 fully saturated rings. The summed E-state index contributed by atoms with van der Waals surface area (Å²) in [6.07, 6.45) is 0. The fourth-order valence-corrected chi connectivity index (χ4v) is 2.53. The Labute approximate surface area is 124 Å². The highest BCUT2D eigenvalue weighted by Gasteiger charge is 2.13. The highest BCUT2D eigenvalue weighted by Crippen LogP contribution is 2.27. The van der Waals surface area contributed by atoms with Crippen LogP contribution in [0.4, 0.5) is 10.1 Å². The van der Waals surface area contributed by atoms with Gasteiger partial charge in [-0.15, -0.1) is 0 Å². The lowest BCUT2D eigenvalue weighted by Gasteiger charge is -2.20. The van der Waals surface area contributed by atoms with E-state index in [9.17, 15) is 4.39 Å². The summed E-state index contributed by atoms with van der Waals surface area (Å²) in [4.78, 5) is 0. The summed E-state index contributed by atoms with van der Waals surface area (Å²) in [6.45, 7) is 0.359. The van der Waals surface area contributed by atoms with Crippen LogP contribution in [0.3, 0.4) is 0 Å². The van der Waals surface area contributed by atoms with E-state index in [-0.39, 0.29) is 11.9 Å². The third kappa shape index (κ3) is 3.69. The first-order valence-electron chi connectivity index (χ1n) is 5.77. The maximum atomic E-state index is 13.1. The Morgan fingerprint density at radius 2 is 2.05 bits per heavy atom. The van der Waals surface area contributed by atoms with Crippen molar-refractivity contribution in [2.45, 2.75) is 6.04 Å². The number of benzene rings is 2. The molecule has 0 amide bonds. The van der Waals surface area contributed by atoms with Crippen molar-refractivity contribution in [3.63, 3.8) is 0 Å². The van der Waals surface area contributed by atoms with Gasteiger partial charge in [0.1, 0.15) is 5.82 Å². The predicted octanol–water partition coefficient (Wildman–Crippen LogP) is 4.35. The van der Waals surface area contributed by atoms with Gasteiger partial charge in [-0.3, -0.25) is 0 Å². The van der Waals surface area contributed by atoms with Crippen LogP contribution in [0.25, 0.3) is 0 Å². The SMILES string of the molecule is NCC(Nc1cccc(Br)c1)c1ccc(F)cc1Cl. The van der Waals surface area contributed by atoms with Crippen LogP contribution in [-0.4, -0.2) is 6.54 Å². The molecule has 2 nitrogen and oxygen atoms in total. The van der Waals surface area contributed by atoms with Crippen molar-refractivity contribution in [3.05, 3.63) is 63.3 Å². The average molecular weight is 344 g/mol. The molecule has 0 aliphatic heterocycles. The summed E-state index contributed by atoms with van der Waals surface area (Å²) < 4.78 is 14.0. The number of nitrogens with two attached hydrogens (primary N) is 1. The molecule has 5 heteroatoms. The summed E-state index contributed by atoms with van der Waals surface area (Å²) in [5, 5.41) is 3.66. The third-order valence-corrected chi connectivity index (χ3v) is 3.56. The van der Waals surface area contributed by atoms with Crippen molar-refractivity contribution >= 4 is 33.2 Å². The molecule has 0 saturated heterocycles. The number of hydrogen-bond donors (Lipinski definition) is 2. The molecule has 1 atom stereocenters. The lowest BCUT2D eigenvalue weighted by Crippen LogP contribution is -2.21. The second kappa shape index (κ2) is 6.37. The Morgan fingerprint density at radius 3 is 2.68 bits per heavy atom. The van der Waals surface area contributed by atoms with E-state index in [0.29, 0.717) is 11.6 Å². The van der Waals surface area contributed by atoms with E-state index in [1.807, 2.05) is 24.3 Å². The van der Waals surface area contributed by atoms with Gasteiger partial charge in [-0.2, -0.15) is 0 Å². The van der Waals surface area contributed by atoms with Gasteiger partial charge >= 0.3 is 0 Å². The van der Waals surface area contributed by atoms with Gasteiger partial charge in [0.2, 0.25) is 0 Å². The second-order valence-corrected chi connectivity index (χ2v) is 5.43. The normalized spacial score (nSPS) is 12.2. The molecule has 2 rings (SSSR count). The van der Waals surface area contributed by atoms with E-state index in [0.717, 1.165) is 15.7 Å². The fraction of sp³-hybridized carbons (Fsp3) is 0.143. The summed E-state index contributed by atoms with van der Waals surface area (Å²) >= 11 is 9.46. The Morgan fingerprint density at radius 1 is 1.26 bits per heavy atom. The number of halogens is 3. The molecule has 0 aromatic heterocycles. The van der Waals surface area contributed by atoms with Gasteiger partial charge < -0.3 is 11.1 Å². The molecule has 0 aliphatic rings. The minimum absolute atomic E-state index is 0.164. The van der Waals surface area contributed by atoms with Crippen molar-refractivity contribution in [1.82, 2.24) is 0 Å². The molecule has 0 aliphatic carbocycles. The zero-order valence-electron chi connectivity index (χ0n) is 10.0. The summed E-state index contributed by atoms with van der Waals surface area (Å²) in [7, 11) is 0. The molecule has 0 saturated carbocycles. The van der Waals surface area contributed by atoms with Gasteiger partial charge in [-0.1, -0.05) is 39.7 Å². The van der Waals surface area contributed by atoms with E-state index in [1.165, 1.54) is 12.1 Å². The maximum absolute atomic E-state index is 13.1. The Kier molecular flexibility index (Phi) is 4.80. The Balaban J connectivity index is 2.25. The average Bonchev–Trinajstić information content (AvgIpc) is 2.37. The molecule has 0 heterocycles. The van der Waals surface area contributed by atoms with Crippen molar-refractivity contribution in [3.8, 4) is 0 Å². The van der Waals surface area contributed by atoms with E-state index in [1.54, 1.807) is 6.07 Å². The monoisotopic (exact) mass is 342 g/mol. The summed E-state index contributed by atoms with van der Waals surface area (Å²) in [5.74, 6) is -0.355. The molecule has 0 radical (unpaired) electrons. The van der Waals surface area contributed by atoms with Gasteiger partial charge in [0.05, 0.1) is 6.04 Å². The molecule has 100 valence electrons. The summed E-state index contributed by atoms with van der Waals surface area (Å²) in [5.41, 5.74) is 7.48. The first kappa shape index (κ1) is 14.3.